The van der Waals surface area contributed by atoms with Gasteiger partial charge >= 0.3 is 6.18 Å². The normalized spacial score (nSPS) is 15.1. The largest absolute Gasteiger partial charge is 0.477 e. The zero-order valence-electron chi connectivity index (χ0n) is 20.1. The molecule has 8 nitrogen and oxygen atoms in total. The summed E-state index contributed by atoms with van der Waals surface area (Å²) in [5.74, 6) is 0.426. The van der Waals surface area contributed by atoms with Crippen LogP contribution < -0.4 is 10.1 Å². The van der Waals surface area contributed by atoms with E-state index in [1.54, 1.807) is 19.1 Å². The first-order chi connectivity index (χ1) is 17.7. The highest BCUT2D eigenvalue weighted by Crippen LogP contribution is 2.28. The summed E-state index contributed by atoms with van der Waals surface area (Å²) in [4.78, 5) is 27.2. The number of alkyl halides is 4. The Kier molecular flexibility index (Phi) is 8.64. The predicted octanol–water partition coefficient (Wildman–Crippen LogP) is 4.56. The van der Waals surface area contributed by atoms with Gasteiger partial charge in [0.15, 0.2) is 5.69 Å². The van der Waals surface area contributed by atoms with Gasteiger partial charge < -0.3 is 15.0 Å². The number of hydrogen-bond acceptors (Lipinski definition) is 8. The summed E-state index contributed by atoms with van der Waals surface area (Å²) in [5.41, 5.74) is 0.521. The number of nitrogens with one attached hydrogen (secondary N) is 1. The van der Waals surface area contributed by atoms with Crippen LogP contribution in [0.4, 0.5) is 23.2 Å². The van der Waals surface area contributed by atoms with Gasteiger partial charge in [-0.15, -0.1) is 0 Å². The second-order valence-corrected chi connectivity index (χ2v) is 9.62. The third-order valence-electron chi connectivity index (χ3n) is 6.07. The van der Waals surface area contributed by atoms with E-state index in [9.17, 15) is 22.4 Å². The number of carbonyl (C=O) groups excluding carboxylic acids is 1. The maximum atomic E-state index is 13.0. The van der Waals surface area contributed by atoms with E-state index in [1.165, 1.54) is 6.20 Å². The highest BCUT2D eigenvalue weighted by atomic mass is 32.1. The number of pyridine rings is 1. The van der Waals surface area contributed by atoms with Crippen molar-refractivity contribution in [3.8, 4) is 5.88 Å². The van der Waals surface area contributed by atoms with Gasteiger partial charge in [-0.25, -0.2) is 14.4 Å². The van der Waals surface area contributed by atoms with Crippen LogP contribution in [0.5, 0.6) is 5.88 Å². The molecule has 0 spiro atoms. The van der Waals surface area contributed by atoms with Crippen molar-refractivity contribution in [3.05, 3.63) is 58.2 Å². The van der Waals surface area contributed by atoms with E-state index >= 15 is 0 Å². The van der Waals surface area contributed by atoms with Gasteiger partial charge in [-0.2, -0.15) is 17.5 Å². The minimum absolute atomic E-state index is 0.122. The summed E-state index contributed by atoms with van der Waals surface area (Å²) >= 11 is 1.09. The first-order valence-corrected chi connectivity index (χ1v) is 12.5. The smallest absolute Gasteiger partial charge is 0.434 e. The molecule has 1 aliphatic rings. The highest BCUT2D eigenvalue weighted by molar-refractivity contribution is 7.06. The Morgan fingerprint density at radius 1 is 1.16 bits per heavy atom. The summed E-state index contributed by atoms with van der Waals surface area (Å²) in [6, 6.07) is 3.35. The van der Waals surface area contributed by atoms with Crippen LogP contribution in [0.3, 0.4) is 0 Å². The Labute approximate surface area is 215 Å². The standard InChI is InChI=1S/C24H26F4N6O2S/c1-15-22(19(37-33-15)10-18-12-30-20(13-29-18)24(26,27)28)23(35)32-17-2-3-21(31-11-17)36-14-16-4-7-34(8-5-16)9-6-25/h2-3,11-13,16H,4-10,14H2,1H3,(H,32,35). The maximum Gasteiger partial charge on any atom is 0.434 e. The van der Waals surface area contributed by atoms with E-state index in [-0.39, 0.29) is 13.1 Å². The van der Waals surface area contributed by atoms with Gasteiger partial charge in [-0.1, -0.05) is 0 Å². The van der Waals surface area contributed by atoms with Crippen LogP contribution in [0.25, 0.3) is 0 Å². The van der Waals surface area contributed by atoms with Crippen molar-refractivity contribution in [1.82, 2.24) is 24.2 Å². The van der Waals surface area contributed by atoms with E-state index in [0.29, 0.717) is 58.7 Å². The Morgan fingerprint density at radius 2 is 1.95 bits per heavy atom. The molecule has 1 aliphatic heterocycles. The van der Waals surface area contributed by atoms with Crippen LogP contribution in [0.15, 0.2) is 30.7 Å². The second-order valence-electron chi connectivity index (χ2n) is 8.76. The molecule has 1 N–H and O–H groups in total. The van der Waals surface area contributed by atoms with Crippen molar-refractivity contribution in [1.29, 1.82) is 0 Å². The zero-order chi connectivity index (χ0) is 26.4. The number of carbonyl (C=O) groups is 1. The zero-order valence-corrected chi connectivity index (χ0v) is 20.9. The molecule has 13 heteroatoms. The van der Waals surface area contributed by atoms with Crippen LogP contribution in [0.1, 0.15) is 45.2 Å². The second kappa shape index (κ2) is 11.9. The van der Waals surface area contributed by atoms with Crippen molar-refractivity contribution in [2.45, 2.75) is 32.4 Å². The number of nitrogens with zero attached hydrogens (tertiary/aromatic N) is 5. The fraction of sp³-hybridized carbons (Fsp3) is 0.458. The molecule has 0 bridgehead atoms. The average Bonchev–Trinajstić information content (AvgIpc) is 3.24. The quantitative estimate of drug-likeness (QED) is 0.400. The number of halogens is 4. The number of anilines is 1. The Morgan fingerprint density at radius 3 is 2.57 bits per heavy atom. The molecule has 4 heterocycles. The van der Waals surface area contributed by atoms with Crippen LogP contribution in [-0.4, -0.2) is 63.0 Å². The molecule has 0 unspecified atom stereocenters. The summed E-state index contributed by atoms with van der Waals surface area (Å²) in [5, 5.41) is 2.78. The van der Waals surface area contributed by atoms with Crippen molar-refractivity contribution in [2.24, 2.45) is 5.92 Å². The van der Waals surface area contributed by atoms with Crippen molar-refractivity contribution >= 4 is 23.1 Å². The molecule has 37 heavy (non-hydrogen) atoms. The molecule has 0 aromatic carbocycles. The molecule has 3 aromatic rings. The first-order valence-electron chi connectivity index (χ1n) is 11.7. The highest BCUT2D eigenvalue weighted by Gasteiger charge is 2.32. The molecule has 1 saturated heterocycles. The molecule has 0 radical (unpaired) electrons. The summed E-state index contributed by atoms with van der Waals surface area (Å²) in [7, 11) is 0. The van der Waals surface area contributed by atoms with Crippen molar-refractivity contribution in [2.75, 3.05) is 38.2 Å². The molecule has 1 fully saturated rings. The van der Waals surface area contributed by atoms with E-state index in [2.05, 4.69) is 29.5 Å². The van der Waals surface area contributed by atoms with Gasteiger partial charge in [-0.3, -0.25) is 9.78 Å². The number of aromatic nitrogens is 4. The molecular formula is C24H26F4N6O2S. The van der Waals surface area contributed by atoms with Gasteiger partial charge in [-0.05, 0) is 56.4 Å². The van der Waals surface area contributed by atoms with Gasteiger partial charge in [0.05, 0.1) is 41.6 Å². The molecule has 0 saturated carbocycles. The maximum absolute atomic E-state index is 13.0. The number of rotatable bonds is 9. The van der Waals surface area contributed by atoms with Crippen molar-refractivity contribution in [3.63, 3.8) is 0 Å². The molecular weight excluding hydrogens is 512 g/mol. The lowest BCUT2D eigenvalue weighted by Gasteiger charge is -2.30. The van der Waals surface area contributed by atoms with E-state index in [1.807, 2.05) is 0 Å². The third-order valence-corrected chi connectivity index (χ3v) is 7.00. The molecule has 4 rings (SSSR count). The third kappa shape index (κ3) is 7.19. The predicted molar refractivity (Wildman–Crippen MR) is 130 cm³/mol. The van der Waals surface area contributed by atoms with Crippen LogP contribution >= 0.6 is 11.5 Å². The van der Waals surface area contributed by atoms with Crippen molar-refractivity contribution < 1.29 is 27.1 Å². The van der Waals surface area contributed by atoms with Crippen LogP contribution in [-0.2, 0) is 12.6 Å². The lowest BCUT2D eigenvalue weighted by Crippen LogP contribution is -2.36. The van der Waals surface area contributed by atoms with E-state index in [4.69, 9.17) is 4.74 Å². The number of amides is 1. The van der Waals surface area contributed by atoms with Gasteiger partial charge in [0.2, 0.25) is 5.88 Å². The molecule has 0 aliphatic carbocycles. The van der Waals surface area contributed by atoms with Crippen LogP contribution in [0.2, 0.25) is 0 Å². The SMILES string of the molecule is Cc1nsc(Cc2cnc(C(F)(F)F)cn2)c1C(=O)Nc1ccc(OCC2CCN(CCF)CC2)nc1. The first kappa shape index (κ1) is 26.9. The molecule has 3 aromatic heterocycles. The summed E-state index contributed by atoms with van der Waals surface area (Å²) in [6.45, 7) is 4.09. The number of ether oxygens (including phenoxy) is 1. The topological polar surface area (TPSA) is 93.1 Å². The minimum atomic E-state index is -4.57. The minimum Gasteiger partial charge on any atom is -0.477 e. The number of aryl methyl sites for hydroxylation is 1. The number of hydrogen-bond donors (Lipinski definition) is 1. The lowest BCUT2D eigenvalue weighted by atomic mass is 9.98. The molecule has 0 atom stereocenters. The van der Waals surface area contributed by atoms with E-state index in [0.717, 1.165) is 43.7 Å². The molecule has 1 amide bonds. The Hall–Kier alpha value is -3.19. The molecule has 198 valence electrons. The van der Waals surface area contributed by atoms with Gasteiger partial charge in [0, 0.05) is 30.1 Å². The Bertz CT molecular complexity index is 1180. The van der Waals surface area contributed by atoms with Gasteiger partial charge in [0.1, 0.15) is 6.67 Å². The number of piperidine rings is 1. The van der Waals surface area contributed by atoms with Gasteiger partial charge in [0.25, 0.3) is 5.91 Å². The van der Waals surface area contributed by atoms with E-state index < -0.39 is 17.8 Å². The summed E-state index contributed by atoms with van der Waals surface area (Å²) < 4.78 is 60.7. The lowest BCUT2D eigenvalue weighted by molar-refractivity contribution is -0.141. The monoisotopic (exact) mass is 538 g/mol. The number of likely N-dealkylation sites (tertiary alicyclic amines) is 1. The fourth-order valence-electron chi connectivity index (χ4n) is 4.02. The fourth-order valence-corrected chi connectivity index (χ4v) is 4.90. The summed E-state index contributed by atoms with van der Waals surface area (Å²) in [6.07, 6.45) is 0.667. The Balaban J connectivity index is 1.32. The average molecular weight is 539 g/mol. The van der Waals surface area contributed by atoms with Crippen LogP contribution in [0, 0.1) is 12.8 Å².